The third-order valence-corrected chi connectivity index (χ3v) is 2.96. The summed E-state index contributed by atoms with van der Waals surface area (Å²) in [6.07, 6.45) is 4.40. The maximum absolute atomic E-state index is 13.3. The van der Waals surface area contributed by atoms with Gasteiger partial charge in [-0.05, 0) is 17.5 Å². The van der Waals surface area contributed by atoms with Gasteiger partial charge in [-0.3, -0.25) is 0 Å². The van der Waals surface area contributed by atoms with Crippen molar-refractivity contribution in [2.45, 2.75) is 26.9 Å². The molecule has 0 aromatic heterocycles. The predicted octanol–water partition coefficient (Wildman–Crippen LogP) is 2.37. The molecular weight excluding hydrogens is 287 g/mol. The van der Waals surface area contributed by atoms with E-state index in [4.69, 9.17) is 11.2 Å². The number of anilines is 1. The summed E-state index contributed by atoms with van der Waals surface area (Å²) in [5, 5.41) is 14.9. The zero-order valence-electron chi connectivity index (χ0n) is 12.9. The zero-order valence-corrected chi connectivity index (χ0v) is 12.9. The fourth-order valence-corrected chi connectivity index (χ4v) is 1.51. The fraction of sp³-hybridized carbons (Fsp3) is 0.438. The van der Waals surface area contributed by atoms with E-state index >= 15 is 0 Å². The number of ether oxygens (including phenoxy) is 1. The largest absolute Gasteiger partial charge is 0.479 e. The molecular formula is C16H21FN2O3. The van der Waals surface area contributed by atoms with Gasteiger partial charge in [-0.2, -0.15) is 0 Å². The van der Waals surface area contributed by atoms with Crippen LogP contribution in [-0.4, -0.2) is 30.4 Å². The number of hydrogen-bond donors (Lipinski definition) is 3. The predicted molar refractivity (Wildman–Crippen MR) is 83.2 cm³/mol. The Morgan fingerprint density at radius 1 is 1.50 bits per heavy atom. The van der Waals surface area contributed by atoms with E-state index in [1.165, 1.54) is 12.1 Å². The number of benzene rings is 1. The molecule has 6 heteroatoms. The molecule has 1 unspecified atom stereocenters. The third kappa shape index (κ3) is 5.62. The molecule has 0 fully saturated rings. The Morgan fingerprint density at radius 3 is 2.77 bits per heavy atom. The Hall–Kier alpha value is -2.26. The molecule has 3 N–H and O–H groups in total. The number of carbonyl (C=O) groups is 1. The average Bonchev–Trinajstić information content (AvgIpc) is 2.43. The molecule has 2 amide bonds. The second-order valence-electron chi connectivity index (χ2n) is 5.85. The molecule has 0 saturated carbocycles. The van der Waals surface area contributed by atoms with Crippen molar-refractivity contribution in [1.82, 2.24) is 5.32 Å². The van der Waals surface area contributed by atoms with Crippen LogP contribution in [0.3, 0.4) is 0 Å². The van der Waals surface area contributed by atoms with Crippen LogP contribution in [0.4, 0.5) is 14.9 Å². The van der Waals surface area contributed by atoms with Gasteiger partial charge in [-0.25, -0.2) is 9.18 Å². The van der Waals surface area contributed by atoms with Crippen molar-refractivity contribution in [2.24, 2.45) is 5.41 Å². The maximum Gasteiger partial charge on any atom is 0.319 e. The standard InChI is InChI=1S/C16H21FN2O3/c1-5-8-22-13-7-6-11(17)9-12(13)19-15(21)18-10-14(20)16(2,3)4/h1,6-7,9,14,20H,8,10H2,2-4H3,(H2,18,19,21). The SMILES string of the molecule is C#CCOc1ccc(F)cc1NC(=O)NCC(O)C(C)(C)C. The van der Waals surface area contributed by atoms with Crippen molar-refractivity contribution in [3.8, 4) is 18.1 Å². The Morgan fingerprint density at radius 2 is 2.18 bits per heavy atom. The normalized spacial score (nSPS) is 12.2. The van der Waals surface area contributed by atoms with Crippen LogP contribution in [0.5, 0.6) is 5.75 Å². The first kappa shape index (κ1) is 17.8. The number of amides is 2. The highest BCUT2D eigenvalue weighted by molar-refractivity contribution is 5.90. The number of halogens is 1. The lowest BCUT2D eigenvalue weighted by Crippen LogP contribution is -2.40. The topological polar surface area (TPSA) is 70.6 Å². The smallest absolute Gasteiger partial charge is 0.319 e. The van der Waals surface area contributed by atoms with Crippen molar-refractivity contribution in [3.05, 3.63) is 24.0 Å². The molecule has 0 spiro atoms. The summed E-state index contributed by atoms with van der Waals surface area (Å²) >= 11 is 0. The molecule has 1 aromatic carbocycles. The molecule has 0 heterocycles. The second-order valence-corrected chi connectivity index (χ2v) is 5.85. The number of terminal acetylenes is 1. The molecule has 0 bridgehead atoms. The molecule has 0 aliphatic heterocycles. The highest BCUT2D eigenvalue weighted by Crippen LogP contribution is 2.25. The van der Waals surface area contributed by atoms with Crippen LogP contribution < -0.4 is 15.4 Å². The van der Waals surface area contributed by atoms with Crippen molar-refractivity contribution >= 4 is 11.7 Å². The van der Waals surface area contributed by atoms with E-state index in [-0.39, 0.29) is 30.0 Å². The highest BCUT2D eigenvalue weighted by Gasteiger charge is 2.22. The van der Waals surface area contributed by atoms with Gasteiger partial charge in [0.1, 0.15) is 18.2 Å². The van der Waals surface area contributed by atoms with Crippen LogP contribution in [0.15, 0.2) is 18.2 Å². The van der Waals surface area contributed by atoms with Crippen LogP contribution in [0.2, 0.25) is 0 Å². The summed E-state index contributed by atoms with van der Waals surface area (Å²) in [4.78, 5) is 11.8. The number of rotatable bonds is 5. The van der Waals surface area contributed by atoms with E-state index in [1.54, 1.807) is 0 Å². The van der Waals surface area contributed by atoms with Gasteiger partial charge < -0.3 is 20.5 Å². The molecule has 5 nitrogen and oxygen atoms in total. The molecule has 0 radical (unpaired) electrons. The van der Waals surface area contributed by atoms with E-state index in [0.29, 0.717) is 0 Å². The monoisotopic (exact) mass is 308 g/mol. The van der Waals surface area contributed by atoms with Crippen LogP contribution in [0.1, 0.15) is 20.8 Å². The summed E-state index contributed by atoms with van der Waals surface area (Å²) in [7, 11) is 0. The summed E-state index contributed by atoms with van der Waals surface area (Å²) < 4.78 is 18.5. The molecule has 0 saturated heterocycles. The van der Waals surface area contributed by atoms with Crippen molar-refractivity contribution < 1.29 is 19.0 Å². The summed E-state index contributed by atoms with van der Waals surface area (Å²) in [5.41, 5.74) is -0.189. The minimum absolute atomic E-state index is 0.00463. The lowest BCUT2D eigenvalue weighted by Gasteiger charge is -2.26. The van der Waals surface area contributed by atoms with E-state index < -0.39 is 18.0 Å². The van der Waals surface area contributed by atoms with Gasteiger partial charge in [-0.15, -0.1) is 6.42 Å². The number of nitrogens with one attached hydrogen (secondary N) is 2. The van der Waals surface area contributed by atoms with Gasteiger partial charge in [0.25, 0.3) is 0 Å². The lowest BCUT2D eigenvalue weighted by molar-refractivity contribution is 0.0654. The van der Waals surface area contributed by atoms with Crippen LogP contribution >= 0.6 is 0 Å². The van der Waals surface area contributed by atoms with Gasteiger partial charge in [0, 0.05) is 12.6 Å². The first-order chi connectivity index (χ1) is 10.2. The van der Waals surface area contributed by atoms with Gasteiger partial charge in [0.2, 0.25) is 0 Å². The number of aliphatic hydroxyl groups is 1. The van der Waals surface area contributed by atoms with Crippen LogP contribution in [0, 0.1) is 23.6 Å². The van der Waals surface area contributed by atoms with E-state index in [9.17, 15) is 14.3 Å². The Labute approximate surface area is 129 Å². The second kappa shape index (κ2) is 7.66. The summed E-state index contributed by atoms with van der Waals surface area (Å²) in [6, 6.07) is 3.15. The lowest BCUT2D eigenvalue weighted by atomic mass is 9.89. The van der Waals surface area contributed by atoms with Gasteiger partial charge >= 0.3 is 6.03 Å². The maximum atomic E-state index is 13.3. The Kier molecular flexibility index (Phi) is 6.20. The van der Waals surface area contributed by atoms with Gasteiger partial charge in [0.05, 0.1) is 11.8 Å². The van der Waals surface area contributed by atoms with Crippen LogP contribution in [0.25, 0.3) is 0 Å². The zero-order chi connectivity index (χ0) is 16.8. The molecule has 0 aliphatic rings. The minimum atomic E-state index is -0.706. The molecule has 1 rings (SSSR count). The Bertz CT molecular complexity index is 561. The van der Waals surface area contributed by atoms with Crippen molar-refractivity contribution in [2.75, 3.05) is 18.5 Å². The molecule has 1 aromatic rings. The van der Waals surface area contributed by atoms with Crippen molar-refractivity contribution in [1.29, 1.82) is 0 Å². The molecule has 1 atom stereocenters. The van der Waals surface area contributed by atoms with Crippen LogP contribution in [-0.2, 0) is 0 Å². The van der Waals surface area contributed by atoms with Gasteiger partial charge in [-0.1, -0.05) is 26.7 Å². The average molecular weight is 308 g/mol. The molecule has 22 heavy (non-hydrogen) atoms. The Balaban J connectivity index is 2.67. The van der Waals surface area contributed by atoms with Gasteiger partial charge in [0.15, 0.2) is 0 Å². The number of carbonyl (C=O) groups excluding carboxylic acids is 1. The minimum Gasteiger partial charge on any atom is -0.479 e. The summed E-state index contributed by atoms with van der Waals surface area (Å²) in [5.74, 6) is 2.04. The van der Waals surface area contributed by atoms with E-state index in [1.807, 2.05) is 20.8 Å². The number of hydrogen-bond acceptors (Lipinski definition) is 3. The fourth-order valence-electron chi connectivity index (χ4n) is 1.51. The molecule has 120 valence electrons. The van der Waals surface area contributed by atoms with E-state index in [2.05, 4.69) is 16.6 Å². The third-order valence-electron chi connectivity index (χ3n) is 2.96. The quantitative estimate of drug-likeness (QED) is 0.731. The van der Waals surface area contributed by atoms with E-state index in [0.717, 1.165) is 6.07 Å². The first-order valence-electron chi connectivity index (χ1n) is 6.82. The van der Waals surface area contributed by atoms with Crippen molar-refractivity contribution in [3.63, 3.8) is 0 Å². The highest BCUT2D eigenvalue weighted by atomic mass is 19.1. The number of aliphatic hydroxyl groups excluding tert-OH is 1. The summed E-state index contributed by atoms with van der Waals surface area (Å²) in [6.45, 7) is 5.65. The number of urea groups is 1. The first-order valence-corrected chi connectivity index (χ1v) is 6.82. The molecule has 0 aliphatic carbocycles.